The van der Waals surface area contributed by atoms with E-state index in [2.05, 4.69) is 9.97 Å². The van der Waals surface area contributed by atoms with Gasteiger partial charge in [-0.05, 0) is 18.6 Å². The molecular weight excluding hydrogens is 268 g/mol. The lowest BCUT2D eigenvalue weighted by molar-refractivity contribution is 0.104. The number of benzene rings is 1. The molecule has 1 N–H and O–H groups in total. The molecule has 0 aliphatic heterocycles. The molecule has 0 fully saturated rings. The van der Waals surface area contributed by atoms with Crippen LogP contribution in [0.15, 0.2) is 51.9 Å². The fourth-order valence-corrected chi connectivity index (χ4v) is 2.17. The van der Waals surface area contributed by atoms with Crippen LogP contribution in [0.2, 0.25) is 0 Å². The van der Waals surface area contributed by atoms with E-state index in [1.165, 1.54) is 12.4 Å². The Hall–Kier alpha value is -2.95. The molecule has 0 radical (unpaired) electrons. The largest absolute Gasteiger partial charge is 0.442 e. The molecule has 3 aromatic rings. The molecule has 3 rings (SSSR count). The number of nitrogens with one attached hydrogen (secondary N) is 1. The number of fused-ring (bicyclic) bond motifs is 1. The summed E-state index contributed by atoms with van der Waals surface area (Å²) in [5, 5.41) is 0.192. The van der Waals surface area contributed by atoms with Crippen molar-refractivity contribution < 1.29 is 9.21 Å². The molecule has 104 valence electrons. The summed E-state index contributed by atoms with van der Waals surface area (Å²) in [6.07, 6.45) is 4.38. The molecule has 0 aliphatic rings. The number of rotatable bonds is 3. The van der Waals surface area contributed by atoms with Crippen molar-refractivity contribution in [3.63, 3.8) is 0 Å². The van der Waals surface area contributed by atoms with Gasteiger partial charge in [0.15, 0.2) is 5.78 Å². The molecule has 2 heterocycles. The van der Waals surface area contributed by atoms with E-state index in [4.69, 9.17) is 4.42 Å². The second kappa shape index (κ2) is 5.20. The number of furan rings is 1. The Morgan fingerprint density at radius 2 is 2.05 bits per heavy atom. The first-order chi connectivity index (χ1) is 10.2. The minimum atomic E-state index is -0.381. The molecule has 0 saturated heterocycles. The van der Waals surface area contributed by atoms with Gasteiger partial charge >= 0.3 is 0 Å². The lowest BCUT2D eigenvalue weighted by Crippen LogP contribution is -2.09. The van der Waals surface area contributed by atoms with E-state index in [1.807, 2.05) is 30.3 Å². The monoisotopic (exact) mass is 280 g/mol. The van der Waals surface area contributed by atoms with Gasteiger partial charge in [0.1, 0.15) is 11.1 Å². The number of allylic oxidation sites excluding steroid dienone is 1. The Morgan fingerprint density at radius 1 is 1.29 bits per heavy atom. The molecule has 0 atom stereocenters. The predicted octanol–water partition coefficient (Wildman–Crippen LogP) is 2.72. The number of aromatic amines is 1. The number of hydrogen-bond acceptors (Lipinski definition) is 4. The molecule has 0 amide bonds. The van der Waals surface area contributed by atoms with Gasteiger partial charge < -0.3 is 9.40 Å². The standard InChI is InChI=1S/C16H12N2O3/c1-10-13(14-15(20)17-9-18-16(14)21-10)12(19)8-7-11-5-3-2-4-6-11/h2-9H,1H3,(H,17,18,20)/b8-7+. The molecule has 2 aromatic heterocycles. The number of aryl methyl sites for hydroxylation is 1. The van der Waals surface area contributed by atoms with E-state index in [9.17, 15) is 9.59 Å². The van der Waals surface area contributed by atoms with Crippen molar-refractivity contribution in [1.29, 1.82) is 0 Å². The van der Waals surface area contributed by atoms with Crippen molar-refractivity contribution in [2.24, 2.45) is 0 Å². The maximum atomic E-state index is 12.3. The Balaban J connectivity index is 2.05. The van der Waals surface area contributed by atoms with Gasteiger partial charge in [0, 0.05) is 0 Å². The van der Waals surface area contributed by atoms with Crippen molar-refractivity contribution in [3.8, 4) is 0 Å². The van der Waals surface area contributed by atoms with Crippen LogP contribution >= 0.6 is 0 Å². The van der Waals surface area contributed by atoms with Gasteiger partial charge in [0.05, 0.1) is 11.9 Å². The molecule has 5 nitrogen and oxygen atoms in total. The number of nitrogens with zero attached hydrogens (tertiary/aromatic N) is 1. The Labute approximate surface area is 119 Å². The Morgan fingerprint density at radius 3 is 2.81 bits per heavy atom. The van der Waals surface area contributed by atoms with Gasteiger partial charge in [-0.2, -0.15) is 0 Å². The molecule has 0 aliphatic carbocycles. The van der Waals surface area contributed by atoms with Crippen LogP contribution in [0.4, 0.5) is 0 Å². The SMILES string of the molecule is Cc1oc2nc[nH]c(=O)c2c1C(=O)/C=C/c1ccccc1. The molecule has 0 unspecified atom stereocenters. The van der Waals surface area contributed by atoms with E-state index < -0.39 is 0 Å². The van der Waals surface area contributed by atoms with Crippen molar-refractivity contribution >= 4 is 23.0 Å². The highest BCUT2D eigenvalue weighted by Crippen LogP contribution is 2.21. The minimum absolute atomic E-state index is 0.174. The highest BCUT2D eigenvalue weighted by atomic mass is 16.3. The number of H-pyrrole nitrogens is 1. The lowest BCUT2D eigenvalue weighted by Gasteiger charge is -1.94. The Bertz CT molecular complexity index is 889. The van der Waals surface area contributed by atoms with Crippen LogP contribution in [0.3, 0.4) is 0 Å². The van der Waals surface area contributed by atoms with Crippen LogP contribution in [-0.4, -0.2) is 15.8 Å². The molecule has 21 heavy (non-hydrogen) atoms. The third kappa shape index (κ3) is 2.41. The summed E-state index contributed by atoms with van der Waals surface area (Å²) >= 11 is 0. The molecule has 1 aromatic carbocycles. The summed E-state index contributed by atoms with van der Waals surface area (Å²) in [5.41, 5.74) is 0.955. The Kier molecular flexibility index (Phi) is 3.23. The fourth-order valence-electron chi connectivity index (χ4n) is 2.17. The van der Waals surface area contributed by atoms with Crippen LogP contribution in [-0.2, 0) is 0 Å². The zero-order valence-electron chi connectivity index (χ0n) is 11.3. The quantitative estimate of drug-likeness (QED) is 0.591. The molecule has 0 saturated carbocycles. The second-order valence-corrected chi connectivity index (χ2v) is 4.55. The van der Waals surface area contributed by atoms with Gasteiger partial charge in [-0.3, -0.25) is 9.59 Å². The van der Waals surface area contributed by atoms with Crippen LogP contribution in [0.5, 0.6) is 0 Å². The van der Waals surface area contributed by atoms with Gasteiger partial charge in [0.2, 0.25) is 5.71 Å². The summed E-state index contributed by atoms with van der Waals surface area (Å²) in [5.74, 6) is 0.102. The van der Waals surface area contributed by atoms with Crippen LogP contribution in [0.1, 0.15) is 21.7 Å². The van der Waals surface area contributed by atoms with Crippen molar-refractivity contribution in [3.05, 3.63) is 70.0 Å². The van der Waals surface area contributed by atoms with E-state index in [-0.39, 0.29) is 28.0 Å². The first-order valence-corrected chi connectivity index (χ1v) is 6.41. The lowest BCUT2D eigenvalue weighted by atomic mass is 10.1. The number of carbonyl (C=O) groups is 1. The predicted molar refractivity (Wildman–Crippen MR) is 79.2 cm³/mol. The first-order valence-electron chi connectivity index (χ1n) is 6.41. The van der Waals surface area contributed by atoms with Crippen molar-refractivity contribution in [2.75, 3.05) is 0 Å². The molecular formula is C16H12N2O3. The van der Waals surface area contributed by atoms with Crippen molar-refractivity contribution in [2.45, 2.75) is 6.92 Å². The maximum absolute atomic E-state index is 12.3. The van der Waals surface area contributed by atoms with Gasteiger partial charge in [0.25, 0.3) is 5.56 Å². The summed E-state index contributed by atoms with van der Waals surface area (Å²) in [4.78, 5) is 30.6. The molecule has 5 heteroatoms. The molecule has 0 bridgehead atoms. The number of aromatic nitrogens is 2. The van der Waals surface area contributed by atoms with Gasteiger partial charge in [-0.25, -0.2) is 4.98 Å². The van der Waals surface area contributed by atoms with Crippen molar-refractivity contribution in [1.82, 2.24) is 9.97 Å². The zero-order chi connectivity index (χ0) is 14.8. The molecule has 0 spiro atoms. The average Bonchev–Trinajstić information content (AvgIpc) is 2.83. The van der Waals surface area contributed by atoms with Gasteiger partial charge in [-0.1, -0.05) is 36.4 Å². The smallest absolute Gasteiger partial charge is 0.262 e. The second-order valence-electron chi connectivity index (χ2n) is 4.55. The van der Waals surface area contributed by atoms with Crippen LogP contribution in [0, 0.1) is 6.92 Å². The normalized spacial score (nSPS) is 11.3. The van der Waals surface area contributed by atoms with E-state index >= 15 is 0 Å². The number of ketones is 1. The average molecular weight is 280 g/mol. The summed E-state index contributed by atoms with van der Waals surface area (Å²) in [6.45, 7) is 1.64. The summed E-state index contributed by atoms with van der Waals surface area (Å²) in [7, 11) is 0. The van der Waals surface area contributed by atoms with E-state index in [0.717, 1.165) is 5.56 Å². The number of carbonyl (C=O) groups excluding carboxylic acids is 1. The van der Waals surface area contributed by atoms with E-state index in [1.54, 1.807) is 13.0 Å². The topological polar surface area (TPSA) is 76.0 Å². The highest BCUT2D eigenvalue weighted by Gasteiger charge is 2.19. The first kappa shape index (κ1) is 13.1. The highest BCUT2D eigenvalue weighted by molar-refractivity contribution is 6.14. The summed E-state index contributed by atoms with van der Waals surface area (Å²) < 4.78 is 5.37. The van der Waals surface area contributed by atoms with Gasteiger partial charge in [-0.15, -0.1) is 0 Å². The zero-order valence-corrected chi connectivity index (χ0v) is 11.3. The third-order valence-corrected chi connectivity index (χ3v) is 3.14. The minimum Gasteiger partial charge on any atom is -0.442 e. The summed E-state index contributed by atoms with van der Waals surface area (Å²) in [6, 6.07) is 9.45. The van der Waals surface area contributed by atoms with Crippen LogP contribution in [0.25, 0.3) is 17.2 Å². The maximum Gasteiger partial charge on any atom is 0.262 e. The van der Waals surface area contributed by atoms with Crippen LogP contribution < -0.4 is 5.56 Å². The fraction of sp³-hybridized carbons (Fsp3) is 0.0625. The van der Waals surface area contributed by atoms with E-state index in [0.29, 0.717) is 5.76 Å². The third-order valence-electron chi connectivity index (χ3n) is 3.14. The number of hydrogen-bond donors (Lipinski definition) is 1.